The number of nitrogens with zero attached hydrogens (tertiary/aromatic N) is 2. The third kappa shape index (κ3) is 3.07. The fourth-order valence-corrected chi connectivity index (χ4v) is 2.17. The number of rotatable bonds is 5. The Bertz CT molecular complexity index is 532. The first-order valence-corrected chi connectivity index (χ1v) is 6.35. The molecule has 0 atom stereocenters. The van der Waals surface area contributed by atoms with Crippen molar-refractivity contribution in [3.05, 3.63) is 48.4 Å². The maximum Gasteiger partial charge on any atom is 0.176 e. The Morgan fingerprint density at radius 3 is 2.89 bits per heavy atom. The number of Topliss-reactive ketones (excluding diaryl/α,β-unsaturated/α-hetero) is 1. The molecule has 0 unspecified atom stereocenters. The van der Waals surface area contributed by atoms with Crippen molar-refractivity contribution in [3.8, 4) is 5.75 Å². The van der Waals surface area contributed by atoms with E-state index in [0.29, 0.717) is 17.1 Å². The molecular formula is C13H12N2O2S. The van der Waals surface area contributed by atoms with Gasteiger partial charge in [0.25, 0.3) is 0 Å². The molecule has 2 rings (SSSR count). The number of hydrogen-bond donors (Lipinski definition) is 0. The summed E-state index contributed by atoms with van der Waals surface area (Å²) < 4.78 is 5.16. The smallest absolute Gasteiger partial charge is 0.176 e. The van der Waals surface area contributed by atoms with Gasteiger partial charge in [-0.05, 0) is 18.2 Å². The number of ether oxygens (including phenoxy) is 1. The molecule has 0 aliphatic heterocycles. The van der Waals surface area contributed by atoms with Crippen LogP contribution < -0.4 is 4.74 Å². The zero-order valence-corrected chi connectivity index (χ0v) is 10.7. The second kappa shape index (κ2) is 6.16. The molecule has 1 aromatic heterocycles. The molecule has 2 aromatic rings. The second-order valence-electron chi connectivity index (χ2n) is 3.46. The molecule has 0 radical (unpaired) electrons. The van der Waals surface area contributed by atoms with Gasteiger partial charge >= 0.3 is 0 Å². The number of thioether (sulfide) groups is 1. The summed E-state index contributed by atoms with van der Waals surface area (Å²) in [5, 5.41) is 0.785. The zero-order chi connectivity index (χ0) is 12.8. The molecule has 1 heterocycles. The lowest BCUT2D eigenvalue weighted by molar-refractivity contribution is 0.101. The quantitative estimate of drug-likeness (QED) is 0.469. The van der Waals surface area contributed by atoms with Gasteiger partial charge < -0.3 is 4.74 Å². The average Bonchev–Trinajstić information content (AvgIpc) is 2.45. The Hall–Kier alpha value is -1.88. The molecule has 0 aliphatic rings. The van der Waals surface area contributed by atoms with Crippen LogP contribution in [-0.2, 0) is 0 Å². The lowest BCUT2D eigenvalue weighted by atomic mass is 10.1. The molecule has 0 bridgehead atoms. The normalized spacial score (nSPS) is 10.1. The minimum atomic E-state index is 0.0241. The summed E-state index contributed by atoms with van der Waals surface area (Å²) in [7, 11) is 1.56. The van der Waals surface area contributed by atoms with E-state index in [2.05, 4.69) is 9.97 Å². The lowest BCUT2D eigenvalue weighted by Gasteiger charge is -2.06. The summed E-state index contributed by atoms with van der Waals surface area (Å²) in [4.78, 5) is 19.9. The highest BCUT2D eigenvalue weighted by Crippen LogP contribution is 2.21. The number of para-hydroxylation sites is 1. The highest BCUT2D eigenvalue weighted by atomic mass is 32.2. The maximum atomic E-state index is 12.1. The van der Waals surface area contributed by atoms with E-state index in [9.17, 15) is 4.79 Å². The lowest BCUT2D eigenvalue weighted by Crippen LogP contribution is -2.04. The monoisotopic (exact) mass is 260 g/mol. The third-order valence-electron chi connectivity index (χ3n) is 2.31. The minimum absolute atomic E-state index is 0.0241. The van der Waals surface area contributed by atoms with Crippen LogP contribution in [0.25, 0.3) is 0 Å². The van der Waals surface area contributed by atoms with Crippen molar-refractivity contribution in [2.45, 2.75) is 5.03 Å². The molecule has 18 heavy (non-hydrogen) atoms. The van der Waals surface area contributed by atoms with Crippen molar-refractivity contribution >= 4 is 17.5 Å². The van der Waals surface area contributed by atoms with Crippen molar-refractivity contribution in [3.63, 3.8) is 0 Å². The van der Waals surface area contributed by atoms with Gasteiger partial charge in [0.05, 0.1) is 23.5 Å². The van der Waals surface area contributed by atoms with E-state index in [1.165, 1.54) is 18.1 Å². The largest absolute Gasteiger partial charge is 0.496 e. The van der Waals surface area contributed by atoms with Crippen LogP contribution in [0.5, 0.6) is 5.75 Å². The first-order chi connectivity index (χ1) is 8.81. The van der Waals surface area contributed by atoms with E-state index in [-0.39, 0.29) is 5.78 Å². The van der Waals surface area contributed by atoms with Gasteiger partial charge in [0.1, 0.15) is 12.1 Å². The molecule has 0 saturated heterocycles. The van der Waals surface area contributed by atoms with Gasteiger partial charge in [-0.3, -0.25) is 4.79 Å². The van der Waals surface area contributed by atoms with Gasteiger partial charge in [-0.1, -0.05) is 23.9 Å². The molecule has 4 nitrogen and oxygen atoms in total. The van der Waals surface area contributed by atoms with E-state index in [4.69, 9.17) is 4.74 Å². The number of ketones is 1. The van der Waals surface area contributed by atoms with Crippen molar-refractivity contribution < 1.29 is 9.53 Å². The molecular weight excluding hydrogens is 248 g/mol. The van der Waals surface area contributed by atoms with Crippen LogP contribution in [0.15, 0.2) is 47.9 Å². The van der Waals surface area contributed by atoms with E-state index in [1.807, 2.05) is 12.1 Å². The molecule has 0 saturated carbocycles. The highest BCUT2D eigenvalue weighted by molar-refractivity contribution is 7.99. The predicted octanol–water partition coefficient (Wildman–Crippen LogP) is 2.46. The van der Waals surface area contributed by atoms with Crippen LogP contribution in [0.2, 0.25) is 0 Å². The Morgan fingerprint density at radius 2 is 2.17 bits per heavy atom. The van der Waals surface area contributed by atoms with E-state index >= 15 is 0 Å². The molecule has 5 heteroatoms. The van der Waals surface area contributed by atoms with Crippen LogP contribution in [0.3, 0.4) is 0 Å². The number of benzene rings is 1. The Balaban J connectivity index is 2.04. The maximum absolute atomic E-state index is 12.1. The van der Waals surface area contributed by atoms with Crippen molar-refractivity contribution in [1.29, 1.82) is 0 Å². The van der Waals surface area contributed by atoms with Gasteiger partial charge in [0, 0.05) is 6.20 Å². The topological polar surface area (TPSA) is 52.1 Å². The molecule has 0 amide bonds. The van der Waals surface area contributed by atoms with Crippen molar-refractivity contribution in [2.75, 3.05) is 12.9 Å². The molecule has 0 spiro atoms. The van der Waals surface area contributed by atoms with Gasteiger partial charge in [0.15, 0.2) is 5.78 Å². The summed E-state index contributed by atoms with van der Waals surface area (Å²) in [6, 6.07) is 8.99. The first kappa shape index (κ1) is 12.6. The molecule has 0 fully saturated rings. The number of carbonyl (C=O) groups excluding carboxylic acids is 1. The van der Waals surface area contributed by atoms with Gasteiger partial charge in [-0.25, -0.2) is 9.97 Å². The summed E-state index contributed by atoms with van der Waals surface area (Å²) >= 11 is 1.39. The van der Waals surface area contributed by atoms with Crippen LogP contribution in [-0.4, -0.2) is 28.6 Å². The highest BCUT2D eigenvalue weighted by Gasteiger charge is 2.11. The number of carbonyl (C=O) groups is 1. The fourth-order valence-electron chi connectivity index (χ4n) is 1.46. The van der Waals surface area contributed by atoms with Crippen molar-refractivity contribution in [2.24, 2.45) is 0 Å². The van der Waals surface area contributed by atoms with Crippen LogP contribution in [0.4, 0.5) is 0 Å². The molecule has 0 N–H and O–H groups in total. The third-order valence-corrected chi connectivity index (χ3v) is 3.26. The Morgan fingerprint density at radius 1 is 1.33 bits per heavy atom. The van der Waals surface area contributed by atoms with Gasteiger partial charge in [-0.2, -0.15) is 0 Å². The summed E-state index contributed by atoms with van der Waals surface area (Å²) in [6.07, 6.45) is 3.12. The van der Waals surface area contributed by atoms with E-state index in [0.717, 1.165) is 5.03 Å². The standard InChI is InChI=1S/C13H12N2O2S/c1-17-12-5-3-2-4-10(12)11(16)8-18-13-6-7-14-9-15-13/h2-7,9H,8H2,1H3. The molecule has 1 aromatic carbocycles. The SMILES string of the molecule is COc1ccccc1C(=O)CSc1ccncn1. The first-order valence-electron chi connectivity index (χ1n) is 5.36. The summed E-state index contributed by atoms with van der Waals surface area (Å²) in [6.45, 7) is 0. The van der Waals surface area contributed by atoms with Gasteiger partial charge in [-0.15, -0.1) is 0 Å². The zero-order valence-electron chi connectivity index (χ0n) is 9.87. The van der Waals surface area contributed by atoms with Crippen LogP contribution >= 0.6 is 11.8 Å². The second-order valence-corrected chi connectivity index (χ2v) is 4.46. The average molecular weight is 260 g/mol. The number of hydrogen-bond acceptors (Lipinski definition) is 5. The van der Waals surface area contributed by atoms with E-state index < -0.39 is 0 Å². The van der Waals surface area contributed by atoms with E-state index in [1.54, 1.807) is 31.5 Å². The van der Waals surface area contributed by atoms with Crippen molar-refractivity contribution in [1.82, 2.24) is 9.97 Å². The summed E-state index contributed by atoms with van der Waals surface area (Å²) in [5.74, 6) is 0.957. The Labute approximate surface area is 109 Å². The predicted molar refractivity (Wildman–Crippen MR) is 70.1 cm³/mol. The Kier molecular flexibility index (Phi) is 4.30. The van der Waals surface area contributed by atoms with Crippen LogP contribution in [0, 0.1) is 0 Å². The minimum Gasteiger partial charge on any atom is -0.496 e. The molecule has 92 valence electrons. The fraction of sp³-hybridized carbons (Fsp3) is 0.154. The number of methoxy groups -OCH3 is 1. The molecule has 0 aliphatic carbocycles. The van der Waals surface area contributed by atoms with Crippen LogP contribution in [0.1, 0.15) is 10.4 Å². The number of aromatic nitrogens is 2. The van der Waals surface area contributed by atoms with Gasteiger partial charge in [0.2, 0.25) is 0 Å². The summed E-state index contributed by atoms with van der Waals surface area (Å²) in [5.41, 5.74) is 0.599.